The first-order chi connectivity index (χ1) is 12.7. The van der Waals surface area contributed by atoms with E-state index >= 15 is 0 Å². The van der Waals surface area contributed by atoms with E-state index in [1.165, 1.54) is 4.57 Å². The number of benzene rings is 2. The van der Waals surface area contributed by atoms with Crippen LogP contribution in [0.4, 0.5) is 0 Å². The molecule has 5 heteroatoms. The van der Waals surface area contributed by atoms with E-state index in [4.69, 9.17) is 9.15 Å². The predicted molar refractivity (Wildman–Crippen MR) is 96.5 cm³/mol. The molecule has 0 saturated heterocycles. The lowest BCUT2D eigenvalue weighted by atomic mass is 10.1. The zero-order valence-electron chi connectivity index (χ0n) is 14.5. The van der Waals surface area contributed by atoms with Gasteiger partial charge in [0.05, 0.1) is 5.56 Å². The summed E-state index contributed by atoms with van der Waals surface area (Å²) >= 11 is 0. The van der Waals surface area contributed by atoms with E-state index in [0.717, 1.165) is 0 Å². The minimum Gasteiger partial charge on any atom is -0.822 e. The highest BCUT2D eigenvalue weighted by Crippen LogP contribution is 2.29. The number of nitrogens with zero attached hydrogens (tertiary/aromatic N) is 1. The van der Waals surface area contributed by atoms with Gasteiger partial charge in [0.25, 0.3) is 0 Å². The molecule has 0 aliphatic rings. The molecule has 0 fully saturated rings. The summed E-state index contributed by atoms with van der Waals surface area (Å²) in [5.41, 5.74) is 0.625. The summed E-state index contributed by atoms with van der Waals surface area (Å²) < 4.78 is 12.7. The van der Waals surface area contributed by atoms with Gasteiger partial charge in [-0.05, 0) is 18.6 Å². The third-order valence-electron chi connectivity index (χ3n) is 3.94. The molecule has 0 radical (unpaired) electrons. The molecule has 26 heavy (non-hydrogen) atoms. The Labute approximate surface area is 151 Å². The molecule has 5 nitrogen and oxygen atoms in total. The number of rotatable bonds is 6. The third-order valence-corrected chi connectivity index (χ3v) is 3.94. The van der Waals surface area contributed by atoms with Crippen molar-refractivity contribution < 1.29 is 18.8 Å². The van der Waals surface area contributed by atoms with E-state index in [1.807, 2.05) is 24.3 Å². The minimum absolute atomic E-state index is 0.113. The highest BCUT2D eigenvalue weighted by Gasteiger charge is 2.27. The fourth-order valence-corrected chi connectivity index (χ4v) is 2.71. The number of hydrogen-bond donors (Lipinski definition) is 0. The second kappa shape index (κ2) is 7.70. The van der Waals surface area contributed by atoms with Crippen molar-refractivity contribution in [3.63, 3.8) is 0 Å². The topological polar surface area (TPSA) is 66.4 Å². The highest BCUT2D eigenvalue weighted by molar-refractivity contribution is 5.61. The normalized spacial score (nSPS) is 10.5. The summed E-state index contributed by atoms with van der Waals surface area (Å²) in [7, 11) is 0. The molecule has 0 amide bonds. The monoisotopic (exact) mass is 349 g/mol. The average molecular weight is 349 g/mol. The van der Waals surface area contributed by atoms with Gasteiger partial charge in [-0.25, -0.2) is 4.79 Å². The molecule has 0 atom stereocenters. The van der Waals surface area contributed by atoms with Gasteiger partial charge >= 0.3 is 11.5 Å². The zero-order chi connectivity index (χ0) is 18.5. The van der Waals surface area contributed by atoms with E-state index in [2.05, 4.69) is 6.58 Å². The van der Waals surface area contributed by atoms with Gasteiger partial charge in [-0.1, -0.05) is 49.9 Å². The molecular formula is C21H19NO4. The van der Waals surface area contributed by atoms with Crippen molar-refractivity contribution in [3.8, 4) is 28.8 Å². The van der Waals surface area contributed by atoms with Crippen LogP contribution in [0.5, 0.6) is 11.6 Å². The Balaban J connectivity index is 2.32. The molecular weight excluding hydrogens is 330 g/mol. The van der Waals surface area contributed by atoms with Crippen molar-refractivity contribution in [2.24, 2.45) is 0 Å². The SMILES string of the molecule is C=CCOc1ccccc1-c1oc(=O)c(CC)c([O-])[n+]1-c1ccccc1. The molecule has 2 aromatic carbocycles. The van der Waals surface area contributed by atoms with Crippen LogP contribution < -0.4 is 20.0 Å². The van der Waals surface area contributed by atoms with Crippen molar-refractivity contribution in [2.75, 3.05) is 6.61 Å². The first-order valence-electron chi connectivity index (χ1n) is 8.35. The summed E-state index contributed by atoms with van der Waals surface area (Å²) in [4.78, 5) is 12.3. The summed E-state index contributed by atoms with van der Waals surface area (Å²) in [6, 6.07) is 16.2. The second-order valence-corrected chi connectivity index (χ2v) is 5.60. The van der Waals surface area contributed by atoms with Crippen LogP contribution in [-0.4, -0.2) is 6.61 Å². The van der Waals surface area contributed by atoms with Gasteiger partial charge in [-0.15, -0.1) is 4.57 Å². The Morgan fingerprint density at radius 3 is 2.54 bits per heavy atom. The summed E-state index contributed by atoms with van der Waals surface area (Å²) in [6.07, 6.45) is 1.92. The summed E-state index contributed by atoms with van der Waals surface area (Å²) in [6.45, 7) is 5.69. The van der Waals surface area contributed by atoms with Crippen LogP contribution in [0, 0.1) is 0 Å². The van der Waals surface area contributed by atoms with Crippen molar-refractivity contribution in [1.29, 1.82) is 0 Å². The average Bonchev–Trinajstić information content (AvgIpc) is 2.67. The van der Waals surface area contributed by atoms with Gasteiger partial charge in [0.2, 0.25) is 5.69 Å². The van der Waals surface area contributed by atoms with Crippen LogP contribution in [0.25, 0.3) is 17.1 Å². The van der Waals surface area contributed by atoms with Crippen LogP contribution in [0.3, 0.4) is 0 Å². The fourth-order valence-electron chi connectivity index (χ4n) is 2.71. The van der Waals surface area contributed by atoms with E-state index in [0.29, 0.717) is 30.0 Å². The predicted octanol–water partition coefficient (Wildman–Crippen LogP) is 2.78. The van der Waals surface area contributed by atoms with E-state index in [1.54, 1.807) is 43.3 Å². The molecule has 0 unspecified atom stereocenters. The van der Waals surface area contributed by atoms with Crippen molar-refractivity contribution >= 4 is 0 Å². The van der Waals surface area contributed by atoms with Crippen molar-refractivity contribution in [1.82, 2.24) is 0 Å². The van der Waals surface area contributed by atoms with Gasteiger partial charge in [-0.3, -0.25) is 0 Å². The molecule has 1 aromatic heterocycles. The maximum atomic E-state index is 13.0. The molecule has 0 aliphatic carbocycles. The lowest BCUT2D eigenvalue weighted by Crippen LogP contribution is -2.41. The zero-order valence-corrected chi connectivity index (χ0v) is 14.5. The summed E-state index contributed by atoms with van der Waals surface area (Å²) in [5.74, 6) is 0.260. The molecule has 0 spiro atoms. The van der Waals surface area contributed by atoms with Gasteiger partial charge in [0.1, 0.15) is 17.9 Å². The van der Waals surface area contributed by atoms with Crippen LogP contribution in [0.15, 0.2) is 76.5 Å². The van der Waals surface area contributed by atoms with E-state index in [9.17, 15) is 9.90 Å². The van der Waals surface area contributed by atoms with E-state index in [-0.39, 0.29) is 17.3 Å². The Morgan fingerprint density at radius 1 is 1.15 bits per heavy atom. The fraction of sp³-hybridized carbons (Fsp3) is 0.143. The molecule has 1 heterocycles. The van der Waals surface area contributed by atoms with Gasteiger partial charge < -0.3 is 14.3 Å². The summed E-state index contributed by atoms with van der Waals surface area (Å²) in [5, 5.41) is 13.0. The molecule has 132 valence electrons. The number of para-hydroxylation sites is 2. The Bertz CT molecular complexity index is 977. The Kier molecular flexibility index (Phi) is 5.17. The number of ether oxygens (including phenoxy) is 1. The van der Waals surface area contributed by atoms with Crippen LogP contribution in [-0.2, 0) is 6.42 Å². The van der Waals surface area contributed by atoms with Gasteiger partial charge in [0, 0.05) is 12.1 Å². The smallest absolute Gasteiger partial charge is 0.392 e. The first-order valence-corrected chi connectivity index (χ1v) is 8.35. The molecule has 3 rings (SSSR count). The lowest BCUT2D eigenvalue weighted by Gasteiger charge is -2.14. The van der Waals surface area contributed by atoms with E-state index < -0.39 is 5.63 Å². The largest absolute Gasteiger partial charge is 0.822 e. The Morgan fingerprint density at radius 2 is 1.85 bits per heavy atom. The van der Waals surface area contributed by atoms with Crippen molar-refractivity contribution in [2.45, 2.75) is 13.3 Å². The standard InChI is InChI=1S/C21H19NO4/c1-3-14-25-18-13-9-8-12-17(18)20-22(15-10-6-5-7-11-15)19(23)16(4-2)21(24)26-20/h3,5-13H,1,4,14H2,2H3. The van der Waals surface area contributed by atoms with Gasteiger partial charge in [-0.2, -0.15) is 0 Å². The van der Waals surface area contributed by atoms with Gasteiger partial charge in [0.15, 0.2) is 5.88 Å². The van der Waals surface area contributed by atoms with Crippen LogP contribution in [0.1, 0.15) is 12.5 Å². The molecule has 0 bridgehead atoms. The van der Waals surface area contributed by atoms with Crippen LogP contribution >= 0.6 is 0 Å². The molecule has 3 aromatic rings. The Hall–Kier alpha value is -3.34. The minimum atomic E-state index is -0.627. The third kappa shape index (κ3) is 3.24. The quantitative estimate of drug-likeness (QED) is 0.507. The van der Waals surface area contributed by atoms with Crippen LogP contribution in [0.2, 0.25) is 0 Å². The number of aromatic nitrogens is 1. The molecule has 0 N–H and O–H groups in total. The first kappa shape index (κ1) is 17.5. The second-order valence-electron chi connectivity index (χ2n) is 5.60. The maximum absolute atomic E-state index is 13.0. The lowest BCUT2D eigenvalue weighted by molar-refractivity contribution is -0.650. The highest BCUT2D eigenvalue weighted by atomic mass is 16.5. The van der Waals surface area contributed by atoms with Crippen molar-refractivity contribution in [3.05, 3.63) is 83.2 Å². The molecule has 0 aliphatic heterocycles. The maximum Gasteiger partial charge on any atom is 0.392 e. The molecule has 0 saturated carbocycles. The number of hydrogen-bond acceptors (Lipinski definition) is 4.